The molecule has 0 bridgehead atoms. The summed E-state index contributed by atoms with van der Waals surface area (Å²) < 4.78 is 0. The van der Waals surface area contributed by atoms with Gasteiger partial charge in [-0.25, -0.2) is 9.97 Å². The van der Waals surface area contributed by atoms with E-state index in [0.717, 1.165) is 25.1 Å². The van der Waals surface area contributed by atoms with Crippen LogP contribution in [0.5, 0.6) is 0 Å². The zero-order valence-electron chi connectivity index (χ0n) is 15.3. The Bertz CT molecular complexity index is 804. The van der Waals surface area contributed by atoms with Gasteiger partial charge in [-0.1, -0.05) is 29.8 Å². The van der Waals surface area contributed by atoms with Crippen LogP contribution in [-0.4, -0.2) is 51.9 Å². The maximum atomic E-state index is 12.5. The largest absolute Gasteiger partial charge is 0.384 e. The summed E-state index contributed by atoms with van der Waals surface area (Å²) in [6.07, 6.45) is 6.17. The van der Waals surface area contributed by atoms with E-state index in [2.05, 4.69) is 20.9 Å². The molecule has 136 valence electrons. The van der Waals surface area contributed by atoms with E-state index in [1.165, 1.54) is 5.56 Å². The summed E-state index contributed by atoms with van der Waals surface area (Å²) in [4.78, 5) is 25.0. The predicted molar refractivity (Wildman–Crippen MR) is 103 cm³/mol. The average molecular weight is 351 g/mol. The Balaban J connectivity index is 1.55. The maximum Gasteiger partial charge on any atom is 0.246 e. The van der Waals surface area contributed by atoms with Gasteiger partial charge in [0.1, 0.15) is 11.6 Å². The lowest BCUT2D eigenvalue weighted by Gasteiger charge is -2.23. The molecule has 6 heteroatoms. The number of hydrogen-bond acceptors (Lipinski definition) is 5. The van der Waals surface area contributed by atoms with Gasteiger partial charge in [-0.05, 0) is 38.1 Å². The van der Waals surface area contributed by atoms with Crippen molar-refractivity contribution >= 4 is 17.8 Å². The minimum atomic E-state index is 0.0580. The number of benzene rings is 1. The van der Waals surface area contributed by atoms with E-state index in [-0.39, 0.29) is 5.91 Å². The lowest BCUT2D eigenvalue weighted by atomic mass is 10.1. The molecule has 0 aliphatic carbocycles. The van der Waals surface area contributed by atoms with Crippen LogP contribution in [0.2, 0.25) is 0 Å². The van der Waals surface area contributed by atoms with Gasteiger partial charge in [-0.15, -0.1) is 0 Å². The molecule has 1 unspecified atom stereocenters. The second-order valence-corrected chi connectivity index (χ2v) is 6.79. The number of likely N-dealkylation sites (tertiary alicyclic amines) is 1. The quantitative estimate of drug-likeness (QED) is 0.835. The Morgan fingerprint density at radius 1 is 1.42 bits per heavy atom. The second kappa shape index (κ2) is 8.10. The van der Waals surface area contributed by atoms with Crippen molar-refractivity contribution in [1.82, 2.24) is 19.8 Å². The van der Waals surface area contributed by atoms with Crippen LogP contribution in [0.4, 0.5) is 5.82 Å². The first-order valence-corrected chi connectivity index (χ1v) is 8.82. The molecular formula is C20H25N5O. The molecule has 6 nitrogen and oxygen atoms in total. The predicted octanol–water partition coefficient (Wildman–Crippen LogP) is 2.11. The molecule has 1 aromatic heterocycles. The molecule has 2 heterocycles. The van der Waals surface area contributed by atoms with Crippen molar-refractivity contribution in [2.24, 2.45) is 0 Å². The van der Waals surface area contributed by atoms with Gasteiger partial charge in [0.15, 0.2) is 0 Å². The first-order chi connectivity index (χ1) is 12.5. The van der Waals surface area contributed by atoms with Gasteiger partial charge in [0.25, 0.3) is 0 Å². The molecule has 1 aliphatic rings. The van der Waals surface area contributed by atoms with E-state index in [1.807, 2.05) is 43.1 Å². The summed E-state index contributed by atoms with van der Waals surface area (Å²) in [7, 11) is 2.04. The van der Waals surface area contributed by atoms with Crippen molar-refractivity contribution < 1.29 is 4.79 Å². The normalized spacial score (nSPS) is 17.3. The van der Waals surface area contributed by atoms with Gasteiger partial charge in [0, 0.05) is 31.4 Å². The van der Waals surface area contributed by atoms with E-state index in [4.69, 9.17) is 5.73 Å². The molecule has 1 aliphatic heterocycles. The van der Waals surface area contributed by atoms with Crippen LogP contribution < -0.4 is 5.73 Å². The van der Waals surface area contributed by atoms with E-state index >= 15 is 0 Å². The van der Waals surface area contributed by atoms with Crippen molar-refractivity contribution in [2.45, 2.75) is 25.9 Å². The van der Waals surface area contributed by atoms with E-state index in [9.17, 15) is 4.79 Å². The summed E-state index contributed by atoms with van der Waals surface area (Å²) in [6.45, 7) is 4.15. The molecule has 0 spiro atoms. The molecule has 2 N–H and O–H groups in total. The van der Waals surface area contributed by atoms with Crippen molar-refractivity contribution in [3.8, 4) is 0 Å². The van der Waals surface area contributed by atoms with Crippen molar-refractivity contribution in [1.29, 1.82) is 0 Å². The number of carbonyl (C=O) groups excluding carboxylic acids is 1. The van der Waals surface area contributed by atoms with Gasteiger partial charge in [-0.2, -0.15) is 0 Å². The second-order valence-electron chi connectivity index (χ2n) is 6.79. The fourth-order valence-corrected chi connectivity index (χ4v) is 3.19. The first-order valence-electron chi connectivity index (χ1n) is 8.82. The average Bonchev–Trinajstić information content (AvgIpc) is 3.10. The fourth-order valence-electron chi connectivity index (χ4n) is 3.19. The van der Waals surface area contributed by atoms with Crippen molar-refractivity contribution in [3.05, 3.63) is 59.6 Å². The Kier molecular flexibility index (Phi) is 5.63. The zero-order chi connectivity index (χ0) is 18.5. The van der Waals surface area contributed by atoms with Crippen molar-refractivity contribution in [2.75, 3.05) is 25.9 Å². The molecule has 0 radical (unpaired) electrons. The number of hydrogen-bond donors (Lipinski definition) is 1. The van der Waals surface area contributed by atoms with Gasteiger partial charge in [0.2, 0.25) is 5.91 Å². The number of carbonyl (C=O) groups is 1. The first kappa shape index (κ1) is 18.1. The minimum absolute atomic E-state index is 0.0580. The molecule has 1 amide bonds. The molecule has 1 aromatic carbocycles. The molecule has 1 saturated heterocycles. The monoisotopic (exact) mass is 351 g/mol. The highest BCUT2D eigenvalue weighted by atomic mass is 16.2. The molecule has 26 heavy (non-hydrogen) atoms. The summed E-state index contributed by atoms with van der Waals surface area (Å²) in [6, 6.07) is 10.1. The topological polar surface area (TPSA) is 75.4 Å². The third-order valence-electron chi connectivity index (χ3n) is 4.68. The Hall–Kier alpha value is -2.73. The highest BCUT2D eigenvalue weighted by Crippen LogP contribution is 2.17. The molecule has 2 aromatic rings. The zero-order valence-corrected chi connectivity index (χ0v) is 15.3. The van der Waals surface area contributed by atoms with Gasteiger partial charge >= 0.3 is 0 Å². The lowest BCUT2D eigenvalue weighted by Crippen LogP contribution is -2.36. The number of amides is 1. The van der Waals surface area contributed by atoms with Crippen LogP contribution in [0.1, 0.15) is 23.4 Å². The van der Waals surface area contributed by atoms with Crippen LogP contribution in [0.25, 0.3) is 6.08 Å². The number of rotatable bonds is 5. The Morgan fingerprint density at radius 2 is 2.27 bits per heavy atom. The lowest BCUT2D eigenvalue weighted by molar-refractivity contribution is -0.125. The highest BCUT2D eigenvalue weighted by molar-refractivity contribution is 5.92. The van der Waals surface area contributed by atoms with Crippen LogP contribution in [-0.2, 0) is 11.3 Å². The van der Waals surface area contributed by atoms with Crippen LogP contribution in [0, 0.1) is 6.92 Å². The molecule has 1 fully saturated rings. The van der Waals surface area contributed by atoms with Crippen LogP contribution in [0.3, 0.4) is 0 Å². The third-order valence-corrected chi connectivity index (χ3v) is 4.68. The van der Waals surface area contributed by atoms with Crippen LogP contribution >= 0.6 is 0 Å². The molecule has 0 saturated carbocycles. The number of aromatic nitrogens is 2. The summed E-state index contributed by atoms with van der Waals surface area (Å²) in [5, 5.41) is 0. The van der Waals surface area contributed by atoms with Crippen LogP contribution in [0.15, 0.2) is 42.6 Å². The number of anilines is 1. The van der Waals surface area contributed by atoms with Gasteiger partial charge in [0.05, 0.1) is 6.54 Å². The van der Waals surface area contributed by atoms with E-state index in [1.54, 1.807) is 18.3 Å². The number of nitrogen functional groups attached to an aromatic ring is 1. The SMILES string of the molecule is Cc1cccc(/C=C/C(=O)N2CCC(N(C)Cc3nccc(N)n3)C2)c1. The number of nitrogens with two attached hydrogens (primary N) is 1. The molecular weight excluding hydrogens is 326 g/mol. The third kappa shape index (κ3) is 4.67. The van der Waals surface area contributed by atoms with E-state index < -0.39 is 0 Å². The Morgan fingerprint density at radius 3 is 3.04 bits per heavy atom. The van der Waals surface area contributed by atoms with Crippen molar-refractivity contribution in [3.63, 3.8) is 0 Å². The summed E-state index contributed by atoms with van der Waals surface area (Å²) >= 11 is 0. The maximum absolute atomic E-state index is 12.5. The number of likely N-dealkylation sites (N-methyl/N-ethyl adjacent to an activating group) is 1. The van der Waals surface area contributed by atoms with Gasteiger partial charge < -0.3 is 10.6 Å². The fraction of sp³-hybridized carbons (Fsp3) is 0.350. The summed E-state index contributed by atoms with van der Waals surface area (Å²) in [5.41, 5.74) is 7.94. The molecule has 1 atom stereocenters. The highest BCUT2D eigenvalue weighted by Gasteiger charge is 2.28. The number of aryl methyl sites for hydroxylation is 1. The van der Waals surface area contributed by atoms with Gasteiger partial charge in [-0.3, -0.25) is 9.69 Å². The standard InChI is InChI=1S/C20H25N5O/c1-15-4-3-5-16(12-15)6-7-20(26)25-11-9-17(13-25)24(2)14-19-22-10-8-18(21)23-19/h3-8,10,12,17H,9,11,13-14H2,1-2H3,(H2,21,22,23)/b7-6+. The smallest absolute Gasteiger partial charge is 0.246 e. The van der Waals surface area contributed by atoms with E-state index in [0.29, 0.717) is 24.2 Å². The molecule has 3 rings (SSSR count). The summed E-state index contributed by atoms with van der Waals surface area (Å²) in [5.74, 6) is 1.24. The number of nitrogens with zero attached hydrogens (tertiary/aromatic N) is 4. The minimum Gasteiger partial charge on any atom is -0.384 e. The Labute approximate surface area is 154 Å².